The maximum absolute atomic E-state index is 13.7. The third-order valence-electron chi connectivity index (χ3n) is 6.02. The van der Waals surface area contributed by atoms with Crippen LogP contribution in [0.25, 0.3) is 0 Å². The van der Waals surface area contributed by atoms with E-state index in [0.717, 1.165) is 0 Å². The third kappa shape index (κ3) is 4.60. The summed E-state index contributed by atoms with van der Waals surface area (Å²) >= 11 is 0. The van der Waals surface area contributed by atoms with Crippen LogP contribution in [0.3, 0.4) is 0 Å². The van der Waals surface area contributed by atoms with Gasteiger partial charge in [0.25, 0.3) is 0 Å². The molecule has 0 spiro atoms. The van der Waals surface area contributed by atoms with E-state index in [-0.39, 0.29) is 29.8 Å². The van der Waals surface area contributed by atoms with Gasteiger partial charge >= 0.3 is 11.9 Å². The summed E-state index contributed by atoms with van der Waals surface area (Å²) in [5, 5.41) is 13.4. The molecule has 0 saturated heterocycles. The third-order valence-corrected chi connectivity index (χ3v) is 6.02. The number of carbonyl (C=O) groups is 3. The Balaban J connectivity index is 2.19. The van der Waals surface area contributed by atoms with Crippen LogP contribution in [0, 0.1) is 11.8 Å². The largest absolute Gasteiger partial charge is 0.504 e. The molecule has 3 rings (SSSR count). The number of hydrogen-bond donors (Lipinski definition) is 2. The molecule has 0 unspecified atom stereocenters. The van der Waals surface area contributed by atoms with Gasteiger partial charge in [0.05, 0.1) is 25.9 Å². The van der Waals surface area contributed by atoms with Gasteiger partial charge in [0, 0.05) is 22.9 Å². The van der Waals surface area contributed by atoms with Crippen molar-refractivity contribution in [3.8, 4) is 11.5 Å². The van der Waals surface area contributed by atoms with E-state index in [1.54, 1.807) is 26.0 Å². The Hall–Kier alpha value is -3.29. The Morgan fingerprint density at radius 3 is 2.61 bits per heavy atom. The normalized spacial score (nSPS) is 22.5. The van der Waals surface area contributed by atoms with Crippen LogP contribution >= 0.6 is 0 Å². The highest BCUT2D eigenvalue weighted by atomic mass is 16.5. The van der Waals surface area contributed by atoms with Gasteiger partial charge < -0.3 is 24.6 Å². The van der Waals surface area contributed by atoms with Crippen LogP contribution in [0.1, 0.15) is 52.0 Å². The van der Waals surface area contributed by atoms with Crippen LogP contribution in [-0.4, -0.2) is 43.2 Å². The van der Waals surface area contributed by atoms with Gasteiger partial charge in [0.15, 0.2) is 17.3 Å². The van der Waals surface area contributed by atoms with Gasteiger partial charge in [-0.2, -0.15) is 0 Å². The predicted octanol–water partition coefficient (Wildman–Crippen LogP) is 3.36. The molecule has 3 atom stereocenters. The Kier molecular flexibility index (Phi) is 7.46. The van der Waals surface area contributed by atoms with Gasteiger partial charge in [0.2, 0.25) is 0 Å². The fourth-order valence-corrected chi connectivity index (χ4v) is 4.54. The molecule has 0 radical (unpaired) electrons. The minimum Gasteiger partial charge on any atom is -0.504 e. The summed E-state index contributed by atoms with van der Waals surface area (Å²) in [4.78, 5) is 39.3. The molecule has 1 aliphatic heterocycles. The maximum atomic E-state index is 13.7. The molecule has 2 N–H and O–H groups in total. The van der Waals surface area contributed by atoms with Gasteiger partial charge in [0.1, 0.15) is 5.92 Å². The number of phenolic OH excluding ortho intramolecular Hbond substituents is 1. The number of dihydropyridines is 1. The van der Waals surface area contributed by atoms with Crippen molar-refractivity contribution in [1.29, 1.82) is 0 Å². The number of esters is 2. The fraction of sp³-hybridized carbons (Fsp3) is 0.480. The van der Waals surface area contributed by atoms with Crippen LogP contribution in [0.4, 0.5) is 0 Å². The molecule has 0 amide bonds. The molecule has 8 heteroatoms. The van der Waals surface area contributed by atoms with Crippen LogP contribution in [0.5, 0.6) is 11.5 Å². The predicted molar refractivity (Wildman–Crippen MR) is 120 cm³/mol. The van der Waals surface area contributed by atoms with Gasteiger partial charge in [-0.3, -0.25) is 9.59 Å². The molecule has 0 fully saturated rings. The van der Waals surface area contributed by atoms with Crippen molar-refractivity contribution >= 4 is 17.7 Å². The number of Topliss-reactive ketones (excluding diaryl/α,β-unsaturated/α-hetero) is 1. The maximum Gasteiger partial charge on any atom is 0.336 e. The lowest BCUT2D eigenvalue weighted by molar-refractivity contribution is -0.151. The van der Waals surface area contributed by atoms with Crippen LogP contribution in [-0.2, 0) is 23.9 Å². The van der Waals surface area contributed by atoms with E-state index in [2.05, 4.69) is 5.32 Å². The zero-order valence-electron chi connectivity index (χ0n) is 19.7. The number of phenols is 1. The Bertz CT molecular complexity index is 1020. The highest BCUT2D eigenvalue weighted by Gasteiger charge is 2.47. The quantitative estimate of drug-likeness (QED) is 0.474. The zero-order valence-corrected chi connectivity index (χ0v) is 19.7. The van der Waals surface area contributed by atoms with E-state index in [4.69, 9.17) is 14.2 Å². The topological polar surface area (TPSA) is 111 Å². The SMILES string of the molecule is CCCOC(=O)C1=C(C)NC2=C(C(=O)[C@@H](C(=O)OC)[C@H](C)C2)[C@@H]1c1ccc(O)c(OCC)c1. The molecular formula is C25H31NO7. The number of hydrogen-bond acceptors (Lipinski definition) is 8. The molecule has 1 heterocycles. The number of carbonyl (C=O) groups excluding carboxylic acids is 3. The molecule has 1 aromatic carbocycles. The van der Waals surface area contributed by atoms with Crippen molar-refractivity contribution in [1.82, 2.24) is 5.32 Å². The molecule has 33 heavy (non-hydrogen) atoms. The lowest BCUT2D eigenvalue weighted by Gasteiger charge is -2.38. The first-order valence-corrected chi connectivity index (χ1v) is 11.2. The number of nitrogens with one attached hydrogen (secondary N) is 1. The number of ether oxygens (including phenoxy) is 3. The summed E-state index contributed by atoms with van der Waals surface area (Å²) in [5.74, 6) is -3.33. The van der Waals surface area contributed by atoms with Crippen molar-refractivity contribution < 1.29 is 33.7 Å². The van der Waals surface area contributed by atoms with E-state index >= 15 is 0 Å². The minimum atomic E-state index is -0.965. The molecule has 0 saturated carbocycles. The van der Waals surface area contributed by atoms with E-state index < -0.39 is 23.8 Å². The van der Waals surface area contributed by atoms with Crippen molar-refractivity contribution in [2.45, 2.75) is 46.5 Å². The van der Waals surface area contributed by atoms with Crippen molar-refractivity contribution in [2.75, 3.05) is 20.3 Å². The van der Waals surface area contributed by atoms with Crippen LogP contribution < -0.4 is 10.1 Å². The lowest BCUT2D eigenvalue weighted by atomic mass is 9.69. The van der Waals surface area contributed by atoms with Gasteiger partial charge in [-0.25, -0.2) is 4.79 Å². The average molecular weight is 458 g/mol. The monoisotopic (exact) mass is 457 g/mol. The summed E-state index contributed by atoms with van der Waals surface area (Å²) in [6.45, 7) is 7.86. The van der Waals surface area contributed by atoms with Crippen molar-refractivity contribution in [2.24, 2.45) is 11.8 Å². The van der Waals surface area contributed by atoms with Gasteiger partial charge in [-0.1, -0.05) is 19.9 Å². The summed E-state index contributed by atoms with van der Waals surface area (Å²) in [5.41, 5.74) is 2.47. The molecular weight excluding hydrogens is 426 g/mol. The second kappa shape index (κ2) is 10.1. The molecule has 0 bridgehead atoms. The summed E-state index contributed by atoms with van der Waals surface area (Å²) in [6, 6.07) is 4.75. The van der Waals surface area contributed by atoms with Gasteiger partial charge in [-0.05, 0) is 50.3 Å². The number of ketones is 1. The molecule has 1 aliphatic carbocycles. The number of aromatic hydroxyl groups is 1. The summed E-state index contributed by atoms with van der Waals surface area (Å²) < 4.78 is 15.9. The van der Waals surface area contributed by atoms with E-state index in [9.17, 15) is 19.5 Å². The van der Waals surface area contributed by atoms with Crippen molar-refractivity contribution in [3.05, 3.63) is 46.3 Å². The van der Waals surface area contributed by atoms with E-state index in [1.165, 1.54) is 13.2 Å². The number of benzene rings is 1. The summed E-state index contributed by atoms with van der Waals surface area (Å²) in [7, 11) is 1.26. The molecule has 0 aromatic heterocycles. The summed E-state index contributed by atoms with van der Waals surface area (Å²) in [6.07, 6.45) is 1.10. The standard InChI is InChI=1S/C25H31NO7/c1-6-10-33-25(30)20-14(4)26-16-11-13(3)19(24(29)31-5)23(28)22(16)21(20)15-8-9-17(27)18(12-15)32-7-2/h8-9,12-13,19,21,26-27H,6-7,10-11H2,1-5H3/t13-,19+,21-/m1/s1. The second-order valence-corrected chi connectivity index (χ2v) is 8.33. The average Bonchev–Trinajstić information content (AvgIpc) is 2.78. The van der Waals surface area contributed by atoms with Crippen molar-refractivity contribution in [3.63, 3.8) is 0 Å². The first-order valence-electron chi connectivity index (χ1n) is 11.2. The van der Waals surface area contributed by atoms with Crippen LogP contribution in [0.2, 0.25) is 0 Å². The minimum absolute atomic E-state index is 0.0458. The number of allylic oxidation sites excluding steroid dienone is 3. The first kappa shape index (κ1) is 24.4. The lowest BCUT2D eigenvalue weighted by Crippen LogP contribution is -2.43. The number of rotatable bonds is 7. The molecule has 178 valence electrons. The first-order chi connectivity index (χ1) is 15.7. The molecule has 1 aromatic rings. The number of methoxy groups -OCH3 is 1. The Morgan fingerprint density at radius 1 is 1.24 bits per heavy atom. The highest BCUT2D eigenvalue weighted by Crippen LogP contribution is 2.46. The molecule has 2 aliphatic rings. The van der Waals surface area contributed by atoms with Gasteiger partial charge in [-0.15, -0.1) is 0 Å². The Labute approximate surface area is 193 Å². The fourth-order valence-electron chi connectivity index (χ4n) is 4.54. The smallest absolute Gasteiger partial charge is 0.336 e. The second-order valence-electron chi connectivity index (χ2n) is 8.33. The zero-order chi connectivity index (χ0) is 24.3. The molecule has 8 nitrogen and oxygen atoms in total. The Morgan fingerprint density at radius 2 is 1.97 bits per heavy atom. The highest BCUT2D eigenvalue weighted by molar-refractivity contribution is 6.12. The van der Waals surface area contributed by atoms with E-state index in [0.29, 0.717) is 47.6 Å². The van der Waals surface area contributed by atoms with E-state index in [1.807, 2.05) is 13.8 Å². The van der Waals surface area contributed by atoms with Crippen LogP contribution in [0.15, 0.2) is 40.7 Å².